The highest BCUT2D eigenvalue weighted by Crippen LogP contribution is 2.39. The number of rotatable bonds is 6. The van der Waals surface area contributed by atoms with Crippen LogP contribution < -0.4 is 4.74 Å². The summed E-state index contributed by atoms with van der Waals surface area (Å²) in [5, 5.41) is 11.5. The first-order valence-corrected chi connectivity index (χ1v) is 9.54. The van der Waals surface area contributed by atoms with Gasteiger partial charge in [0.05, 0.1) is 18.7 Å². The zero-order valence-corrected chi connectivity index (χ0v) is 17.3. The van der Waals surface area contributed by atoms with E-state index in [1.807, 2.05) is 19.0 Å². The van der Waals surface area contributed by atoms with Crippen molar-refractivity contribution in [3.8, 4) is 5.75 Å². The van der Waals surface area contributed by atoms with E-state index < -0.39 is 17.7 Å². The summed E-state index contributed by atoms with van der Waals surface area (Å²) >= 11 is 6.01. The third kappa shape index (κ3) is 4.28. The highest BCUT2D eigenvalue weighted by atomic mass is 35.5. The van der Waals surface area contributed by atoms with Crippen LogP contribution in [0.1, 0.15) is 17.2 Å². The number of ether oxygens (including phenoxy) is 1. The Bertz CT molecular complexity index is 954. The number of carbonyl (C=O) groups excluding carboxylic acids is 2. The van der Waals surface area contributed by atoms with E-state index in [0.717, 1.165) is 0 Å². The molecular weight excluding hydrogens is 392 g/mol. The van der Waals surface area contributed by atoms with Gasteiger partial charge in [0.15, 0.2) is 0 Å². The first-order valence-electron chi connectivity index (χ1n) is 9.16. The Balaban J connectivity index is 2.14. The molecule has 1 N–H and O–H groups in total. The van der Waals surface area contributed by atoms with Gasteiger partial charge in [-0.1, -0.05) is 35.9 Å². The molecule has 0 radical (unpaired) electrons. The van der Waals surface area contributed by atoms with Gasteiger partial charge in [0.25, 0.3) is 11.7 Å². The number of likely N-dealkylation sites (tertiary alicyclic amines) is 1. The fourth-order valence-electron chi connectivity index (χ4n) is 3.34. The number of amides is 1. The molecule has 0 unspecified atom stereocenters. The van der Waals surface area contributed by atoms with Gasteiger partial charge in [-0.3, -0.25) is 9.59 Å². The van der Waals surface area contributed by atoms with Gasteiger partial charge < -0.3 is 19.6 Å². The zero-order chi connectivity index (χ0) is 21.1. The first-order chi connectivity index (χ1) is 13.8. The van der Waals surface area contributed by atoms with Crippen molar-refractivity contribution < 1.29 is 19.4 Å². The third-order valence-electron chi connectivity index (χ3n) is 4.86. The predicted molar refractivity (Wildman–Crippen MR) is 112 cm³/mol. The van der Waals surface area contributed by atoms with Crippen LogP contribution in [0.15, 0.2) is 54.1 Å². The summed E-state index contributed by atoms with van der Waals surface area (Å²) in [6.07, 6.45) is 0. The minimum absolute atomic E-state index is 0.0596. The van der Waals surface area contributed by atoms with Crippen LogP contribution in [0.25, 0.3) is 5.76 Å². The second-order valence-electron chi connectivity index (χ2n) is 7.08. The van der Waals surface area contributed by atoms with Crippen molar-refractivity contribution in [2.24, 2.45) is 0 Å². The lowest BCUT2D eigenvalue weighted by atomic mass is 9.95. The topological polar surface area (TPSA) is 70.1 Å². The molecule has 1 aliphatic heterocycles. The fraction of sp³-hybridized carbons (Fsp3) is 0.273. The minimum Gasteiger partial charge on any atom is -0.507 e. The van der Waals surface area contributed by atoms with Crippen LogP contribution in [-0.4, -0.2) is 60.9 Å². The Morgan fingerprint density at radius 3 is 2.48 bits per heavy atom. The van der Waals surface area contributed by atoms with Gasteiger partial charge in [0, 0.05) is 23.7 Å². The van der Waals surface area contributed by atoms with Gasteiger partial charge in [-0.2, -0.15) is 0 Å². The molecule has 1 fully saturated rings. The van der Waals surface area contributed by atoms with E-state index >= 15 is 0 Å². The Kier molecular flexibility index (Phi) is 6.25. The van der Waals surface area contributed by atoms with Crippen molar-refractivity contribution in [2.75, 3.05) is 34.3 Å². The molecule has 29 heavy (non-hydrogen) atoms. The number of halogens is 1. The van der Waals surface area contributed by atoms with Crippen molar-refractivity contribution in [2.45, 2.75) is 6.04 Å². The molecule has 3 rings (SSSR count). The molecule has 6 nitrogen and oxygen atoms in total. The maximum atomic E-state index is 12.9. The molecule has 152 valence electrons. The number of aliphatic hydroxyl groups excluding tert-OH is 1. The van der Waals surface area contributed by atoms with Gasteiger partial charge in [-0.15, -0.1) is 0 Å². The van der Waals surface area contributed by atoms with E-state index in [2.05, 4.69) is 0 Å². The number of hydrogen-bond donors (Lipinski definition) is 1. The van der Waals surface area contributed by atoms with E-state index in [-0.39, 0.29) is 11.3 Å². The van der Waals surface area contributed by atoms with Crippen LogP contribution in [-0.2, 0) is 9.59 Å². The lowest BCUT2D eigenvalue weighted by Crippen LogP contribution is -2.35. The second kappa shape index (κ2) is 8.68. The van der Waals surface area contributed by atoms with Gasteiger partial charge in [0.1, 0.15) is 11.5 Å². The smallest absolute Gasteiger partial charge is 0.295 e. The summed E-state index contributed by atoms with van der Waals surface area (Å²) in [4.78, 5) is 29.1. The number of Topliss-reactive ketones (excluding diaryl/α,β-unsaturated/α-hetero) is 1. The number of methoxy groups -OCH3 is 1. The van der Waals surface area contributed by atoms with Crippen LogP contribution in [0.3, 0.4) is 0 Å². The van der Waals surface area contributed by atoms with Crippen LogP contribution >= 0.6 is 11.6 Å². The molecule has 0 bridgehead atoms. The Hall–Kier alpha value is -2.83. The minimum atomic E-state index is -0.705. The molecule has 1 heterocycles. The van der Waals surface area contributed by atoms with Gasteiger partial charge >= 0.3 is 0 Å². The molecule has 0 saturated carbocycles. The van der Waals surface area contributed by atoms with Crippen molar-refractivity contribution >= 4 is 29.1 Å². The molecule has 0 aromatic heterocycles. The predicted octanol–water partition coefficient (Wildman–Crippen LogP) is 3.33. The average molecular weight is 415 g/mol. The highest BCUT2D eigenvalue weighted by molar-refractivity contribution is 6.46. The Morgan fingerprint density at radius 1 is 1.17 bits per heavy atom. The van der Waals surface area contributed by atoms with Crippen molar-refractivity contribution in [1.29, 1.82) is 0 Å². The summed E-state index contributed by atoms with van der Waals surface area (Å²) < 4.78 is 5.21. The third-order valence-corrected chi connectivity index (χ3v) is 5.11. The number of nitrogens with zero attached hydrogens (tertiary/aromatic N) is 2. The fourth-order valence-corrected chi connectivity index (χ4v) is 3.46. The number of hydrogen-bond acceptors (Lipinski definition) is 5. The van der Waals surface area contributed by atoms with Crippen molar-refractivity contribution in [3.63, 3.8) is 0 Å². The maximum absolute atomic E-state index is 12.9. The molecular formula is C22H23ClN2O4. The van der Waals surface area contributed by atoms with E-state index in [1.54, 1.807) is 48.5 Å². The van der Waals surface area contributed by atoms with Crippen LogP contribution in [0.5, 0.6) is 5.75 Å². The quantitative estimate of drug-likeness (QED) is 0.446. The molecule has 1 saturated heterocycles. The Labute approximate surface area is 174 Å². The van der Waals surface area contributed by atoms with Crippen molar-refractivity contribution in [3.05, 3.63) is 70.3 Å². The van der Waals surface area contributed by atoms with Crippen LogP contribution in [0.2, 0.25) is 5.02 Å². The van der Waals surface area contributed by atoms with Crippen LogP contribution in [0.4, 0.5) is 0 Å². The number of benzene rings is 2. The first kappa shape index (κ1) is 20.9. The lowest BCUT2D eigenvalue weighted by Gasteiger charge is -2.26. The molecule has 2 aromatic carbocycles. The summed E-state index contributed by atoms with van der Waals surface area (Å²) in [6, 6.07) is 13.0. The largest absolute Gasteiger partial charge is 0.507 e. The summed E-state index contributed by atoms with van der Waals surface area (Å²) in [7, 11) is 5.31. The molecule has 2 aromatic rings. The zero-order valence-electron chi connectivity index (χ0n) is 16.6. The Morgan fingerprint density at radius 2 is 1.86 bits per heavy atom. The second-order valence-corrected chi connectivity index (χ2v) is 7.52. The monoisotopic (exact) mass is 414 g/mol. The van der Waals surface area contributed by atoms with Gasteiger partial charge in [-0.05, 0) is 43.9 Å². The molecule has 1 aliphatic rings. The number of carbonyl (C=O) groups is 2. The van der Waals surface area contributed by atoms with Crippen molar-refractivity contribution in [1.82, 2.24) is 9.80 Å². The highest BCUT2D eigenvalue weighted by Gasteiger charge is 2.45. The van der Waals surface area contributed by atoms with E-state index in [4.69, 9.17) is 16.3 Å². The number of likely N-dealkylation sites (N-methyl/N-ethyl adjacent to an activating group) is 1. The van der Waals surface area contributed by atoms with Crippen LogP contribution in [0, 0.1) is 0 Å². The maximum Gasteiger partial charge on any atom is 0.295 e. The van der Waals surface area contributed by atoms with E-state index in [0.29, 0.717) is 35.0 Å². The normalized spacial score (nSPS) is 18.5. The molecule has 1 amide bonds. The number of ketones is 1. The molecule has 0 spiro atoms. The molecule has 1 atom stereocenters. The standard InChI is InChI=1S/C22H23ClN2O4/c1-24(2)11-12-25-19(14-7-9-16(23)10-8-14)18(21(27)22(25)28)20(26)15-5-4-6-17(13-15)29-3/h4-10,13,19,26H,11-12H2,1-3H3/t19-/m0/s1. The SMILES string of the molecule is COc1cccc(C(O)=C2C(=O)C(=O)N(CCN(C)C)[C@H]2c2ccc(Cl)cc2)c1. The average Bonchev–Trinajstić information content (AvgIpc) is 2.97. The van der Waals surface area contributed by atoms with Gasteiger partial charge in [0.2, 0.25) is 0 Å². The molecule has 7 heteroatoms. The number of aliphatic hydroxyl groups is 1. The lowest BCUT2D eigenvalue weighted by molar-refractivity contribution is -0.140. The summed E-state index contributed by atoms with van der Waals surface area (Å²) in [5.41, 5.74) is 1.18. The summed E-state index contributed by atoms with van der Waals surface area (Å²) in [6.45, 7) is 0.927. The summed E-state index contributed by atoms with van der Waals surface area (Å²) in [5.74, 6) is -1.02. The molecule has 0 aliphatic carbocycles. The van der Waals surface area contributed by atoms with E-state index in [1.165, 1.54) is 12.0 Å². The van der Waals surface area contributed by atoms with Gasteiger partial charge in [-0.25, -0.2) is 0 Å². The van der Waals surface area contributed by atoms with E-state index in [9.17, 15) is 14.7 Å².